The lowest BCUT2D eigenvalue weighted by molar-refractivity contribution is 0.574. The lowest BCUT2D eigenvalue weighted by Crippen LogP contribution is -2.14. The molecule has 0 bridgehead atoms. The van der Waals surface area contributed by atoms with Crippen molar-refractivity contribution < 1.29 is 12.8 Å². The zero-order valence-corrected chi connectivity index (χ0v) is 12.5. The molecule has 0 unspecified atom stereocenters. The number of benzene rings is 2. The number of sulfonamides is 1. The van der Waals surface area contributed by atoms with Gasteiger partial charge in [0.15, 0.2) is 0 Å². The average molecular weight is 314 g/mol. The Morgan fingerprint density at radius 1 is 1.05 bits per heavy atom. The van der Waals surface area contributed by atoms with Gasteiger partial charge in [0.05, 0.1) is 11.1 Å². The Balaban J connectivity index is 1.89. The van der Waals surface area contributed by atoms with Crippen molar-refractivity contribution in [2.45, 2.75) is 11.3 Å². The molecule has 3 aromatic rings. The number of aromatic nitrogens is 1. The normalized spacial score (nSPS) is 11.5. The van der Waals surface area contributed by atoms with Crippen LogP contribution >= 0.6 is 0 Å². The third kappa shape index (κ3) is 3.08. The zero-order chi connectivity index (χ0) is 15.6. The molecule has 0 atom stereocenters. The van der Waals surface area contributed by atoms with Gasteiger partial charge in [0.1, 0.15) is 6.26 Å². The van der Waals surface area contributed by atoms with Crippen molar-refractivity contribution in [2.75, 3.05) is 0 Å². The van der Waals surface area contributed by atoms with Crippen molar-refractivity contribution in [3.8, 4) is 11.5 Å². The Kier molecular flexibility index (Phi) is 3.79. The Bertz CT molecular complexity index is 870. The van der Waals surface area contributed by atoms with Crippen LogP contribution in [0.25, 0.3) is 11.5 Å². The summed E-state index contributed by atoms with van der Waals surface area (Å²) in [7, 11) is -3.72. The van der Waals surface area contributed by atoms with Crippen LogP contribution in [0.3, 0.4) is 0 Å². The molecule has 22 heavy (non-hydrogen) atoms. The number of rotatable bonds is 4. The molecule has 0 aliphatic heterocycles. The highest BCUT2D eigenvalue weighted by Crippen LogP contribution is 2.21. The first-order chi connectivity index (χ1) is 10.5. The van der Waals surface area contributed by atoms with Crippen molar-refractivity contribution >= 4 is 10.0 Å². The molecule has 5 nitrogen and oxygen atoms in total. The second kappa shape index (κ2) is 5.75. The van der Waals surface area contributed by atoms with E-state index in [1.807, 2.05) is 24.3 Å². The van der Waals surface area contributed by atoms with E-state index in [0.29, 0.717) is 17.9 Å². The minimum absolute atomic E-state index is 0.159. The van der Waals surface area contributed by atoms with E-state index in [1.54, 1.807) is 24.4 Å². The summed E-state index contributed by atoms with van der Waals surface area (Å²) in [5, 5.41) is 5.25. The van der Waals surface area contributed by atoms with Gasteiger partial charge < -0.3 is 4.42 Å². The molecule has 1 aromatic heterocycles. The topological polar surface area (TPSA) is 86.2 Å². The second-order valence-electron chi connectivity index (χ2n) is 4.86. The van der Waals surface area contributed by atoms with Gasteiger partial charge in [-0.3, -0.25) is 0 Å². The van der Waals surface area contributed by atoms with Gasteiger partial charge in [-0.2, -0.15) is 0 Å². The molecule has 1 heterocycles. The third-order valence-electron chi connectivity index (χ3n) is 3.31. The number of primary sulfonamides is 1. The fourth-order valence-electron chi connectivity index (χ4n) is 2.28. The van der Waals surface area contributed by atoms with Crippen LogP contribution in [-0.2, 0) is 16.4 Å². The number of nitrogens with two attached hydrogens (primary N) is 1. The maximum atomic E-state index is 11.6. The second-order valence-corrected chi connectivity index (χ2v) is 6.39. The summed E-state index contributed by atoms with van der Waals surface area (Å²) in [6, 6.07) is 14.4. The fourth-order valence-corrected chi connectivity index (χ4v) is 3.05. The molecular formula is C16H14N2O3S. The summed E-state index contributed by atoms with van der Waals surface area (Å²) in [5.74, 6) is 0.552. The van der Waals surface area contributed by atoms with E-state index in [4.69, 9.17) is 9.56 Å². The van der Waals surface area contributed by atoms with Crippen LogP contribution in [0.2, 0.25) is 0 Å². The Labute approximate surface area is 128 Å². The minimum Gasteiger partial charge on any atom is -0.445 e. The van der Waals surface area contributed by atoms with Gasteiger partial charge in [-0.1, -0.05) is 30.3 Å². The maximum Gasteiger partial charge on any atom is 0.238 e. The third-order valence-corrected chi connectivity index (χ3v) is 4.32. The van der Waals surface area contributed by atoms with Crippen molar-refractivity contribution in [1.82, 2.24) is 4.98 Å². The molecule has 3 rings (SSSR count). The molecule has 0 spiro atoms. The molecular weight excluding hydrogens is 300 g/mol. The highest BCUT2D eigenvalue weighted by molar-refractivity contribution is 7.89. The zero-order valence-electron chi connectivity index (χ0n) is 11.6. The van der Waals surface area contributed by atoms with Crippen LogP contribution in [0.15, 0.2) is 70.3 Å². The van der Waals surface area contributed by atoms with Gasteiger partial charge in [0.2, 0.25) is 15.9 Å². The fraction of sp³-hybridized carbons (Fsp3) is 0.0625. The van der Waals surface area contributed by atoms with E-state index in [2.05, 4.69) is 4.98 Å². The Morgan fingerprint density at radius 3 is 2.41 bits per heavy atom. The first kappa shape index (κ1) is 14.5. The Hall–Kier alpha value is -2.44. The summed E-state index contributed by atoms with van der Waals surface area (Å²) in [6.07, 6.45) is 3.59. The number of hydrogen-bond acceptors (Lipinski definition) is 4. The van der Waals surface area contributed by atoms with Crippen LogP contribution in [0.5, 0.6) is 0 Å². The van der Waals surface area contributed by atoms with Crippen LogP contribution in [0.1, 0.15) is 11.1 Å². The van der Waals surface area contributed by atoms with E-state index < -0.39 is 10.0 Å². The molecule has 2 aromatic carbocycles. The number of hydrogen-bond donors (Lipinski definition) is 1. The largest absolute Gasteiger partial charge is 0.445 e. The maximum absolute atomic E-state index is 11.6. The first-order valence-electron chi connectivity index (χ1n) is 6.63. The smallest absolute Gasteiger partial charge is 0.238 e. The summed E-state index contributed by atoms with van der Waals surface area (Å²) >= 11 is 0. The summed E-state index contributed by atoms with van der Waals surface area (Å²) in [4.78, 5) is 4.24. The average Bonchev–Trinajstić information content (AvgIpc) is 3.02. The van der Waals surface area contributed by atoms with Gasteiger partial charge in [-0.15, -0.1) is 0 Å². The summed E-state index contributed by atoms with van der Waals surface area (Å²) in [6.45, 7) is 0. The van der Waals surface area contributed by atoms with Gasteiger partial charge in [0, 0.05) is 5.56 Å². The van der Waals surface area contributed by atoms with Crippen LogP contribution in [0.4, 0.5) is 0 Å². The molecule has 0 amide bonds. The van der Waals surface area contributed by atoms with E-state index >= 15 is 0 Å². The van der Waals surface area contributed by atoms with E-state index in [0.717, 1.165) is 11.1 Å². The quantitative estimate of drug-likeness (QED) is 0.802. The summed E-state index contributed by atoms with van der Waals surface area (Å²) < 4.78 is 28.5. The predicted molar refractivity (Wildman–Crippen MR) is 82.6 cm³/mol. The number of oxazole rings is 1. The SMILES string of the molecule is NS(=O)(=O)c1ccccc1Cc1ccc(-c2ncco2)cc1. The van der Waals surface area contributed by atoms with Gasteiger partial charge >= 0.3 is 0 Å². The molecule has 0 aliphatic rings. The van der Waals surface area contributed by atoms with Crippen molar-refractivity contribution in [2.24, 2.45) is 5.14 Å². The highest BCUT2D eigenvalue weighted by Gasteiger charge is 2.13. The number of nitrogens with zero attached hydrogens (tertiary/aromatic N) is 1. The lowest BCUT2D eigenvalue weighted by atomic mass is 10.0. The van der Waals surface area contributed by atoms with Gasteiger partial charge in [-0.25, -0.2) is 18.5 Å². The summed E-state index contributed by atoms with van der Waals surface area (Å²) in [5.41, 5.74) is 2.52. The van der Waals surface area contributed by atoms with Crippen LogP contribution in [0, 0.1) is 0 Å². The van der Waals surface area contributed by atoms with Crippen LogP contribution in [-0.4, -0.2) is 13.4 Å². The predicted octanol–water partition coefficient (Wildman–Crippen LogP) is 2.58. The molecule has 0 saturated heterocycles. The lowest BCUT2D eigenvalue weighted by Gasteiger charge is -2.08. The minimum atomic E-state index is -3.72. The van der Waals surface area contributed by atoms with Gasteiger partial charge in [0.25, 0.3) is 0 Å². The molecule has 112 valence electrons. The molecule has 2 N–H and O–H groups in total. The van der Waals surface area contributed by atoms with E-state index in [9.17, 15) is 8.42 Å². The molecule has 0 saturated carbocycles. The van der Waals surface area contributed by atoms with Crippen molar-refractivity contribution in [1.29, 1.82) is 0 Å². The standard InChI is InChI=1S/C16H14N2O3S/c17-22(19,20)15-4-2-1-3-14(15)11-12-5-7-13(8-6-12)16-18-9-10-21-16/h1-10H,11H2,(H2,17,19,20). The molecule has 0 radical (unpaired) electrons. The van der Waals surface area contributed by atoms with E-state index in [1.165, 1.54) is 12.3 Å². The highest BCUT2D eigenvalue weighted by atomic mass is 32.2. The van der Waals surface area contributed by atoms with Crippen molar-refractivity contribution in [3.05, 3.63) is 72.1 Å². The molecule has 6 heteroatoms. The van der Waals surface area contributed by atoms with E-state index in [-0.39, 0.29) is 4.90 Å². The monoisotopic (exact) mass is 314 g/mol. The Morgan fingerprint density at radius 2 is 1.77 bits per heavy atom. The van der Waals surface area contributed by atoms with Gasteiger partial charge in [-0.05, 0) is 35.7 Å². The van der Waals surface area contributed by atoms with Crippen molar-refractivity contribution in [3.63, 3.8) is 0 Å². The molecule has 0 aliphatic carbocycles. The van der Waals surface area contributed by atoms with Crippen LogP contribution < -0.4 is 5.14 Å². The molecule has 0 fully saturated rings. The first-order valence-corrected chi connectivity index (χ1v) is 8.18.